The van der Waals surface area contributed by atoms with Crippen LogP contribution in [0.5, 0.6) is 5.75 Å². The summed E-state index contributed by atoms with van der Waals surface area (Å²) in [4.78, 5) is 24.0. The molecular weight excluding hydrogens is 372 g/mol. The Labute approximate surface area is 172 Å². The predicted octanol–water partition coefficient (Wildman–Crippen LogP) is 3.16. The molecule has 3 rings (SSSR count). The number of rotatable bonds is 7. The van der Waals surface area contributed by atoms with Crippen molar-refractivity contribution < 1.29 is 24.2 Å². The average molecular weight is 405 g/mol. The van der Waals surface area contributed by atoms with Gasteiger partial charge in [0, 0.05) is 6.04 Å². The number of aliphatic hydroxyl groups is 1. The average Bonchev–Trinajstić information content (AvgIpc) is 3.19. The van der Waals surface area contributed by atoms with E-state index in [0.717, 1.165) is 57.1 Å². The van der Waals surface area contributed by atoms with Gasteiger partial charge in [-0.05, 0) is 69.7 Å². The summed E-state index contributed by atoms with van der Waals surface area (Å²) in [6.45, 7) is 2.13. The van der Waals surface area contributed by atoms with Gasteiger partial charge in [0.15, 0.2) is 0 Å². The van der Waals surface area contributed by atoms with Gasteiger partial charge in [-0.3, -0.25) is 0 Å². The highest BCUT2D eigenvalue weighted by Gasteiger charge is 2.35. The fraction of sp³-hybridized carbons (Fsp3) is 0.636. The van der Waals surface area contributed by atoms with E-state index in [4.69, 9.17) is 9.47 Å². The number of carbonyl (C=O) groups excluding carboxylic acids is 2. The quantitative estimate of drug-likeness (QED) is 0.607. The second kappa shape index (κ2) is 9.96. The Morgan fingerprint density at radius 3 is 2.34 bits per heavy atom. The molecule has 2 saturated carbocycles. The first-order valence-electron chi connectivity index (χ1n) is 10.7. The summed E-state index contributed by atoms with van der Waals surface area (Å²) in [5.41, 5.74) is 0.0705. The van der Waals surface area contributed by atoms with Crippen molar-refractivity contribution in [3.63, 3.8) is 0 Å². The van der Waals surface area contributed by atoms with Crippen molar-refractivity contribution in [1.82, 2.24) is 10.6 Å². The number of amides is 2. The summed E-state index contributed by atoms with van der Waals surface area (Å²) in [7, 11) is 0. The fourth-order valence-electron chi connectivity index (χ4n) is 4.24. The Hall–Kier alpha value is -2.28. The molecule has 3 N–H and O–H groups in total. The van der Waals surface area contributed by atoms with Crippen molar-refractivity contribution in [2.75, 3.05) is 13.2 Å². The lowest BCUT2D eigenvalue weighted by Crippen LogP contribution is -2.55. The lowest BCUT2D eigenvalue weighted by atomic mass is 9.93. The third-order valence-electron chi connectivity index (χ3n) is 5.92. The highest BCUT2D eigenvalue weighted by atomic mass is 16.5. The number of urea groups is 1. The van der Waals surface area contributed by atoms with Crippen LogP contribution in [0.1, 0.15) is 68.6 Å². The van der Waals surface area contributed by atoms with Crippen LogP contribution in [0.2, 0.25) is 0 Å². The minimum atomic E-state index is -0.444. The molecule has 0 heterocycles. The highest BCUT2D eigenvalue weighted by molar-refractivity contribution is 5.89. The summed E-state index contributed by atoms with van der Waals surface area (Å²) in [5.74, 6) is 0.405. The zero-order valence-electron chi connectivity index (χ0n) is 17.1. The van der Waals surface area contributed by atoms with E-state index in [2.05, 4.69) is 10.6 Å². The number of aliphatic hydroxyl groups excluding tert-OH is 1. The molecule has 2 fully saturated rings. The highest BCUT2D eigenvalue weighted by Crippen LogP contribution is 2.29. The molecule has 7 nitrogen and oxygen atoms in total. The Balaban J connectivity index is 1.41. The van der Waals surface area contributed by atoms with E-state index in [1.165, 1.54) is 0 Å². The zero-order valence-corrected chi connectivity index (χ0v) is 17.1. The van der Waals surface area contributed by atoms with Crippen molar-refractivity contribution >= 4 is 12.0 Å². The van der Waals surface area contributed by atoms with Gasteiger partial charge in [-0.1, -0.05) is 12.8 Å². The summed E-state index contributed by atoms with van der Waals surface area (Å²) < 4.78 is 11.0. The normalized spacial score (nSPS) is 23.2. The molecule has 7 heteroatoms. The topological polar surface area (TPSA) is 96.9 Å². The third-order valence-corrected chi connectivity index (χ3v) is 5.92. The van der Waals surface area contributed by atoms with Crippen molar-refractivity contribution in [1.29, 1.82) is 0 Å². The van der Waals surface area contributed by atoms with Crippen LogP contribution in [0.4, 0.5) is 4.79 Å². The molecule has 2 aliphatic carbocycles. The first-order valence-corrected chi connectivity index (χ1v) is 10.7. The molecule has 2 amide bonds. The predicted molar refractivity (Wildman–Crippen MR) is 109 cm³/mol. The van der Waals surface area contributed by atoms with Gasteiger partial charge in [-0.2, -0.15) is 0 Å². The van der Waals surface area contributed by atoms with E-state index in [1.54, 1.807) is 31.2 Å². The lowest BCUT2D eigenvalue weighted by Gasteiger charge is -2.32. The molecule has 0 atom stereocenters. The zero-order chi connectivity index (χ0) is 20.7. The van der Waals surface area contributed by atoms with E-state index in [1.807, 2.05) is 0 Å². The molecule has 0 bridgehead atoms. The van der Waals surface area contributed by atoms with Gasteiger partial charge in [0.1, 0.15) is 5.75 Å². The summed E-state index contributed by atoms with van der Waals surface area (Å²) in [6.07, 6.45) is 7.29. The second-order valence-electron chi connectivity index (χ2n) is 8.08. The maximum Gasteiger partial charge on any atom is 0.338 e. The summed E-state index contributed by atoms with van der Waals surface area (Å²) in [5, 5.41) is 15.7. The van der Waals surface area contributed by atoms with Crippen LogP contribution in [0, 0.1) is 0 Å². The van der Waals surface area contributed by atoms with Gasteiger partial charge in [0.2, 0.25) is 0 Å². The van der Waals surface area contributed by atoms with Crippen LogP contribution in [-0.2, 0) is 4.74 Å². The Morgan fingerprint density at radius 2 is 1.76 bits per heavy atom. The molecule has 29 heavy (non-hydrogen) atoms. The number of benzene rings is 1. The van der Waals surface area contributed by atoms with Crippen molar-refractivity contribution in [3.05, 3.63) is 29.8 Å². The third kappa shape index (κ3) is 5.85. The monoisotopic (exact) mass is 404 g/mol. The number of ether oxygens (including phenoxy) is 2. The molecule has 0 spiro atoms. The largest absolute Gasteiger partial charge is 0.490 e. The van der Waals surface area contributed by atoms with E-state index in [9.17, 15) is 14.7 Å². The molecule has 0 aromatic heterocycles. The molecule has 0 saturated heterocycles. The summed E-state index contributed by atoms with van der Waals surface area (Å²) >= 11 is 0. The van der Waals surface area contributed by atoms with Crippen LogP contribution < -0.4 is 15.4 Å². The molecule has 1 aromatic rings. The van der Waals surface area contributed by atoms with Crippen LogP contribution in [0.15, 0.2) is 24.3 Å². The fourth-order valence-corrected chi connectivity index (χ4v) is 4.24. The van der Waals surface area contributed by atoms with E-state index >= 15 is 0 Å². The van der Waals surface area contributed by atoms with Gasteiger partial charge in [-0.25, -0.2) is 9.59 Å². The van der Waals surface area contributed by atoms with Gasteiger partial charge in [-0.15, -0.1) is 0 Å². The van der Waals surface area contributed by atoms with Gasteiger partial charge in [0.25, 0.3) is 0 Å². The summed E-state index contributed by atoms with van der Waals surface area (Å²) in [6, 6.07) is 6.95. The molecular formula is C22H32N2O5. The number of esters is 1. The number of nitrogens with one attached hydrogen (secondary N) is 2. The van der Waals surface area contributed by atoms with Crippen molar-refractivity contribution in [3.8, 4) is 5.75 Å². The minimum absolute atomic E-state index is 0.00401. The van der Waals surface area contributed by atoms with Gasteiger partial charge >= 0.3 is 12.0 Å². The Kier molecular flexibility index (Phi) is 7.36. The Bertz CT molecular complexity index is 677. The van der Waals surface area contributed by atoms with Gasteiger partial charge in [0.05, 0.1) is 30.4 Å². The van der Waals surface area contributed by atoms with Crippen molar-refractivity contribution in [2.45, 2.75) is 76.0 Å². The lowest BCUT2D eigenvalue weighted by molar-refractivity contribution is 0.0526. The molecule has 0 unspecified atom stereocenters. The number of hydrogen-bond acceptors (Lipinski definition) is 5. The van der Waals surface area contributed by atoms with E-state index < -0.39 is 5.54 Å². The first-order chi connectivity index (χ1) is 14.0. The molecule has 0 aliphatic heterocycles. The molecule has 1 aromatic carbocycles. The first kappa shape index (κ1) is 21.4. The SMILES string of the molecule is CCOC(=O)c1ccc(OC2CCC(NC(=O)NC3(CO)CCCC3)CC2)cc1. The standard InChI is InChI=1S/C22H32N2O5/c1-2-28-20(26)16-5-9-18(10-6-16)29-19-11-7-17(8-12-19)23-21(27)24-22(15-25)13-3-4-14-22/h5-6,9-10,17,19,25H,2-4,7-8,11-15H2,1H3,(H2,23,24,27). The Morgan fingerprint density at radius 1 is 1.10 bits per heavy atom. The van der Waals surface area contributed by atoms with Gasteiger partial charge < -0.3 is 25.2 Å². The number of carbonyl (C=O) groups is 2. The van der Waals surface area contributed by atoms with E-state index in [0.29, 0.717) is 12.2 Å². The smallest absolute Gasteiger partial charge is 0.338 e. The number of hydrogen-bond donors (Lipinski definition) is 3. The van der Waals surface area contributed by atoms with Crippen LogP contribution >= 0.6 is 0 Å². The minimum Gasteiger partial charge on any atom is -0.490 e. The van der Waals surface area contributed by atoms with E-state index in [-0.39, 0.29) is 30.8 Å². The van der Waals surface area contributed by atoms with Crippen molar-refractivity contribution in [2.24, 2.45) is 0 Å². The molecule has 0 radical (unpaired) electrons. The van der Waals surface area contributed by atoms with Crippen LogP contribution in [0.25, 0.3) is 0 Å². The maximum atomic E-state index is 12.3. The van der Waals surface area contributed by atoms with Crippen LogP contribution in [0.3, 0.4) is 0 Å². The van der Waals surface area contributed by atoms with Crippen LogP contribution in [-0.4, -0.2) is 48.0 Å². The molecule has 2 aliphatic rings. The maximum absolute atomic E-state index is 12.3. The molecule has 160 valence electrons. The second-order valence-corrected chi connectivity index (χ2v) is 8.08.